The molecule has 2 heterocycles. The number of ether oxygens (including phenoxy) is 2. The number of aromatic amines is 1. The highest BCUT2D eigenvalue weighted by Gasteiger charge is 2.28. The molecule has 0 fully saturated rings. The van der Waals surface area contributed by atoms with Crippen LogP contribution < -0.4 is 15.7 Å². The van der Waals surface area contributed by atoms with Gasteiger partial charge in [-0.3, -0.25) is 0 Å². The van der Waals surface area contributed by atoms with Gasteiger partial charge in [0, 0.05) is 40.5 Å². The van der Waals surface area contributed by atoms with Crippen LogP contribution in [0.15, 0.2) is 51.8 Å². The van der Waals surface area contributed by atoms with Crippen molar-refractivity contribution < 1.29 is 23.5 Å². The van der Waals surface area contributed by atoms with E-state index in [1.807, 2.05) is 24.3 Å². The van der Waals surface area contributed by atoms with E-state index in [0.29, 0.717) is 10.9 Å². The van der Waals surface area contributed by atoms with Crippen molar-refractivity contribution >= 4 is 45.5 Å². The molecular formula is C27H27ClN2O6. The minimum atomic E-state index is -1.09. The average molecular weight is 511 g/mol. The quantitative estimate of drug-likeness (QED) is 0.206. The van der Waals surface area contributed by atoms with Crippen LogP contribution in [-0.4, -0.2) is 28.7 Å². The van der Waals surface area contributed by atoms with Gasteiger partial charge in [-0.25, -0.2) is 14.4 Å². The second-order valence-corrected chi connectivity index (χ2v) is 10.0. The number of para-hydroxylation sites is 1. The maximum atomic E-state index is 13.3. The van der Waals surface area contributed by atoms with Gasteiger partial charge in [0.1, 0.15) is 17.2 Å². The lowest BCUT2D eigenvalue weighted by Crippen LogP contribution is -2.46. The summed E-state index contributed by atoms with van der Waals surface area (Å²) in [5, 5.41) is 4.33. The number of carbonyl (C=O) groups excluding carboxylic acids is 2. The first-order chi connectivity index (χ1) is 16.9. The van der Waals surface area contributed by atoms with Crippen molar-refractivity contribution in [2.45, 2.75) is 52.7 Å². The van der Waals surface area contributed by atoms with Crippen LogP contribution in [-0.2, 0) is 16.0 Å². The first-order valence-electron chi connectivity index (χ1n) is 11.4. The molecule has 1 unspecified atom stereocenters. The number of halogens is 1. The summed E-state index contributed by atoms with van der Waals surface area (Å²) < 4.78 is 16.3. The fourth-order valence-electron chi connectivity index (χ4n) is 3.86. The summed E-state index contributed by atoms with van der Waals surface area (Å²) in [6.45, 7) is 8.64. The number of H-pyrrole nitrogens is 1. The molecule has 0 spiro atoms. The number of alkyl carbamates (subject to hydrolysis) is 1. The Morgan fingerprint density at radius 3 is 2.56 bits per heavy atom. The summed E-state index contributed by atoms with van der Waals surface area (Å²) in [5.41, 5.74) is 1.91. The number of aromatic nitrogens is 1. The van der Waals surface area contributed by atoms with Crippen molar-refractivity contribution in [3.63, 3.8) is 0 Å². The molecular weight excluding hydrogens is 484 g/mol. The average Bonchev–Trinajstić information content (AvgIpc) is 3.20. The Hall–Kier alpha value is -3.78. The van der Waals surface area contributed by atoms with Gasteiger partial charge >= 0.3 is 17.7 Å². The third-order valence-electron chi connectivity index (χ3n) is 5.79. The molecule has 0 aliphatic rings. The number of esters is 1. The normalized spacial score (nSPS) is 12.5. The Morgan fingerprint density at radius 1 is 1.11 bits per heavy atom. The van der Waals surface area contributed by atoms with Crippen LogP contribution in [0, 0.1) is 13.8 Å². The Labute approximate surface area is 212 Å². The third-order valence-corrected chi connectivity index (χ3v) is 6.09. The van der Waals surface area contributed by atoms with Gasteiger partial charge in [-0.15, -0.1) is 0 Å². The second-order valence-electron chi connectivity index (χ2n) is 9.60. The number of benzene rings is 2. The molecule has 0 aliphatic heterocycles. The Balaban J connectivity index is 1.65. The lowest BCUT2D eigenvalue weighted by Gasteiger charge is -2.23. The first-order valence-corrected chi connectivity index (χ1v) is 11.8. The fourth-order valence-corrected chi connectivity index (χ4v) is 4.07. The SMILES string of the molecule is Cc1c(C)c2cc(Cl)c(OC(=O)C(Cc3c[nH]c4ccccc34)NC(=O)OC(C)(C)C)cc2oc1=O. The molecule has 2 N–H and O–H groups in total. The summed E-state index contributed by atoms with van der Waals surface area (Å²) in [6, 6.07) is 9.53. The fraction of sp³-hybridized carbons (Fsp3) is 0.296. The molecule has 1 amide bonds. The van der Waals surface area contributed by atoms with Gasteiger partial charge in [-0.1, -0.05) is 29.8 Å². The lowest BCUT2D eigenvalue weighted by atomic mass is 10.0. The zero-order valence-corrected chi connectivity index (χ0v) is 21.4. The van der Waals surface area contributed by atoms with E-state index < -0.39 is 29.3 Å². The van der Waals surface area contributed by atoms with Crippen LogP contribution in [0.2, 0.25) is 5.02 Å². The molecule has 1 atom stereocenters. The molecule has 0 radical (unpaired) electrons. The molecule has 2 aromatic carbocycles. The molecule has 0 saturated heterocycles. The Bertz CT molecular complexity index is 1530. The van der Waals surface area contributed by atoms with Crippen LogP contribution in [0.1, 0.15) is 37.5 Å². The van der Waals surface area contributed by atoms with Gasteiger partial charge in [-0.2, -0.15) is 0 Å². The van der Waals surface area contributed by atoms with Crippen molar-refractivity contribution in [2.75, 3.05) is 0 Å². The number of nitrogens with one attached hydrogen (secondary N) is 2. The van der Waals surface area contributed by atoms with Crippen LogP contribution in [0.5, 0.6) is 5.75 Å². The molecule has 8 nitrogen and oxygen atoms in total. The monoisotopic (exact) mass is 510 g/mol. The summed E-state index contributed by atoms with van der Waals surface area (Å²) in [4.78, 5) is 41.1. The Morgan fingerprint density at radius 2 is 1.83 bits per heavy atom. The van der Waals surface area contributed by atoms with Crippen molar-refractivity contribution in [1.82, 2.24) is 10.3 Å². The van der Waals surface area contributed by atoms with Gasteiger partial charge in [0.05, 0.1) is 5.02 Å². The number of hydrogen-bond acceptors (Lipinski definition) is 6. The molecule has 4 aromatic rings. The van der Waals surface area contributed by atoms with E-state index in [1.165, 1.54) is 6.07 Å². The van der Waals surface area contributed by atoms with Crippen LogP contribution >= 0.6 is 11.6 Å². The van der Waals surface area contributed by atoms with E-state index in [-0.39, 0.29) is 22.8 Å². The van der Waals surface area contributed by atoms with Crippen LogP contribution in [0.3, 0.4) is 0 Å². The standard InChI is InChI=1S/C27H27ClN2O6/c1-14-15(2)24(31)34-22-12-23(19(28)11-18(14)22)35-25(32)21(30-26(33)36-27(3,4)5)10-16-13-29-20-9-7-6-8-17(16)20/h6-9,11-13,21,29H,10H2,1-5H3,(H,30,33). The second kappa shape index (κ2) is 9.70. The third kappa shape index (κ3) is 5.39. The highest BCUT2D eigenvalue weighted by atomic mass is 35.5. The van der Waals surface area contributed by atoms with Gasteiger partial charge in [0.15, 0.2) is 5.75 Å². The Kier molecular flexibility index (Phi) is 6.82. The highest BCUT2D eigenvalue weighted by molar-refractivity contribution is 6.33. The molecule has 4 rings (SSSR count). The molecule has 0 bridgehead atoms. The van der Waals surface area contributed by atoms with Gasteiger partial charge < -0.3 is 24.2 Å². The largest absolute Gasteiger partial charge is 0.444 e. The summed E-state index contributed by atoms with van der Waals surface area (Å²) in [7, 11) is 0. The predicted octanol–water partition coefficient (Wildman–Crippen LogP) is 5.59. The topological polar surface area (TPSA) is 111 Å². The van der Waals surface area contributed by atoms with Crippen LogP contribution in [0.25, 0.3) is 21.9 Å². The molecule has 9 heteroatoms. The molecule has 36 heavy (non-hydrogen) atoms. The van der Waals surface area contributed by atoms with E-state index in [9.17, 15) is 14.4 Å². The number of carbonyl (C=O) groups is 2. The minimum Gasteiger partial charge on any atom is -0.444 e. The van der Waals surface area contributed by atoms with Crippen molar-refractivity contribution in [1.29, 1.82) is 0 Å². The predicted molar refractivity (Wildman–Crippen MR) is 138 cm³/mol. The minimum absolute atomic E-state index is 0.00971. The van der Waals surface area contributed by atoms with Gasteiger partial charge in [-0.05, 0) is 57.9 Å². The molecule has 188 valence electrons. The number of aryl methyl sites for hydroxylation is 1. The number of fused-ring (bicyclic) bond motifs is 2. The van der Waals surface area contributed by atoms with E-state index in [0.717, 1.165) is 22.0 Å². The molecule has 0 aliphatic carbocycles. The number of amides is 1. The van der Waals surface area contributed by atoms with Gasteiger partial charge in [0.25, 0.3) is 0 Å². The molecule has 2 aromatic heterocycles. The van der Waals surface area contributed by atoms with E-state index in [2.05, 4.69) is 10.3 Å². The highest BCUT2D eigenvalue weighted by Crippen LogP contribution is 2.32. The maximum Gasteiger partial charge on any atom is 0.408 e. The smallest absolute Gasteiger partial charge is 0.408 e. The maximum absolute atomic E-state index is 13.3. The first kappa shape index (κ1) is 25.3. The number of rotatable bonds is 5. The number of hydrogen-bond donors (Lipinski definition) is 2. The van der Waals surface area contributed by atoms with Gasteiger partial charge in [0.2, 0.25) is 0 Å². The van der Waals surface area contributed by atoms with Crippen molar-refractivity contribution in [3.05, 3.63) is 74.7 Å². The molecule has 0 saturated carbocycles. The lowest BCUT2D eigenvalue weighted by molar-refractivity contribution is -0.136. The summed E-state index contributed by atoms with van der Waals surface area (Å²) in [5.74, 6) is -0.742. The van der Waals surface area contributed by atoms with E-state index in [4.69, 9.17) is 25.5 Å². The van der Waals surface area contributed by atoms with E-state index in [1.54, 1.807) is 46.9 Å². The van der Waals surface area contributed by atoms with Crippen molar-refractivity contribution in [2.24, 2.45) is 0 Å². The zero-order valence-electron chi connectivity index (χ0n) is 20.7. The summed E-state index contributed by atoms with van der Waals surface area (Å²) >= 11 is 6.42. The van der Waals surface area contributed by atoms with Crippen molar-refractivity contribution in [3.8, 4) is 5.75 Å². The van der Waals surface area contributed by atoms with Crippen LogP contribution in [0.4, 0.5) is 4.79 Å². The zero-order chi connectivity index (χ0) is 26.2. The van der Waals surface area contributed by atoms with E-state index >= 15 is 0 Å². The summed E-state index contributed by atoms with van der Waals surface area (Å²) in [6.07, 6.45) is 1.16.